The number of aliphatic hydroxyl groups excluding tert-OH is 1. The van der Waals surface area contributed by atoms with Crippen molar-refractivity contribution in [2.75, 3.05) is 20.3 Å². The normalized spacial score (nSPS) is 20.4. The Bertz CT molecular complexity index is 188. The van der Waals surface area contributed by atoms with Gasteiger partial charge in [0.05, 0.1) is 12.1 Å². The lowest BCUT2D eigenvalue weighted by molar-refractivity contribution is -0.127. The van der Waals surface area contributed by atoms with Gasteiger partial charge in [-0.2, -0.15) is 0 Å². The molecule has 0 aromatic heterocycles. The standard InChI is InChI=1S/C10H19NO3/c1-14-7-9(13)11-10(8-12)5-3-2-4-6-10/h12H,2-8H2,1H3,(H,11,13). The van der Waals surface area contributed by atoms with Crippen LogP contribution >= 0.6 is 0 Å². The van der Waals surface area contributed by atoms with Crippen LogP contribution in [0, 0.1) is 0 Å². The van der Waals surface area contributed by atoms with Crippen LogP contribution in [0.15, 0.2) is 0 Å². The number of nitrogens with one attached hydrogen (secondary N) is 1. The number of hydrogen-bond donors (Lipinski definition) is 2. The molecule has 1 aliphatic carbocycles. The van der Waals surface area contributed by atoms with Crippen molar-refractivity contribution in [2.45, 2.75) is 37.6 Å². The van der Waals surface area contributed by atoms with Crippen molar-refractivity contribution in [1.82, 2.24) is 5.32 Å². The van der Waals surface area contributed by atoms with E-state index >= 15 is 0 Å². The molecule has 1 amide bonds. The fourth-order valence-corrected chi connectivity index (χ4v) is 2.01. The molecule has 4 heteroatoms. The van der Waals surface area contributed by atoms with E-state index in [0.717, 1.165) is 25.7 Å². The molecule has 14 heavy (non-hydrogen) atoms. The molecule has 0 aromatic carbocycles. The Kier molecular flexibility index (Phi) is 4.35. The predicted octanol–water partition coefficient (Wildman–Crippen LogP) is 0.444. The first-order valence-corrected chi connectivity index (χ1v) is 5.13. The van der Waals surface area contributed by atoms with Gasteiger partial charge in [-0.25, -0.2) is 0 Å². The van der Waals surface area contributed by atoms with E-state index in [0.29, 0.717) is 0 Å². The maximum absolute atomic E-state index is 11.3. The van der Waals surface area contributed by atoms with E-state index in [-0.39, 0.29) is 24.7 Å². The molecule has 0 unspecified atom stereocenters. The third-order valence-corrected chi connectivity index (χ3v) is 2.79. The summed E-state index contributed by atoms with van der Waals surface area (Å²) in [4.78, 5) is 11.3. The van der Waals surface area contributed by atoms with Crippen LogP contribution in [0.2, 0.25) is 0 Å². The Morgan fingerprint density at radius 1 is 1.43 bits per heavy atom. The van der Waals surface area contributed by atoms with Gasteiger partial charge in [-0.15, -0.1) is 0 Å². The molecule has 1 rings (SSSR count). The molecule has 2 N–H and O–H groups in total. The summed E-state index contributed by atoms with van der Waals surface area (Å²) in [6.45, 7) is 0.101. The van der Waals surface area contributed by atoms with Gasteiger partial charge >= 0.3 is 0 Å². The minimum atomic E-state index is -0.381. The molecule has 0 aromatic rings. The summed E-state index contributed by atoms with van der Waals surface area (Å²) in [6.07, 6.45) is 5.10. The quantitative estimate of drug-likeness (QED) is 0.694. The minimum Gasteiger partial charge on any atom is -0.394 e. The van der Waals surface area contributed by atoms with Gasteiger partial charge in [-0.05, 0) is 12.8 Å². The van der Waals surface area contributed by atoms with Crippen molar-refractivity contribution < 1.29 is 14.6 Å². The minimum absolute atomic E-state index is 0.0302. The summed E-state index contributed by atoms with van der Waals surface area (Å²) >= 11 is 0. The van der Waals surface area contributed by atoms with Gasteiger partial charge in [-0.1, -0.05) is 19.3 Å². The number of aliphatic hydroxyl groups is 1. The smallest absolute Gasteiger partial charge is 0.246 e. The van der Waals surface area contributed by atoms with Crippen LogP contribution in [0.5, 0.6) is 0 Å². The van der Waals surface area contributed by atoms with Crippen molar-refractivity contribution in [3.05, 3.63) is 0 Å². The van der Waals surface area contributed by atoms with Gasteiger partial charge < -0.3 is 15.2 Å². The third-order valence-electron chi connectivity index (χ3n) is 2.79. The van der Waals surface area contributed by atoms with E-state index in [1.807, 2.05) is 0 Å². The topological polar surface area (TPSA) is 58.6 Å². The Morgan fingerprint density at radius 3 is 2.57 bits per heavy atom. The predicted molar refractivity (Wildman–Crippen MR) is 52.9 cm³/mol. The summed E-state index contributed by atoms with van der Waals surface area (Å²) in [6, 6.07) is 0. The number of rotatable bonds is 4. The van der Waals surface area contributed by atoms with Crippen molar-refractivity contribution >= 4 is 5.91 Å². The highest BCUT2D eigenvalue weighted by Gasteiger charge is 2.32. The molecular weight excluding hydrogens is 182 g/mol. The maximum Gasteiger partial charge on any atom is 0.246 e. The number of amides is 1. The second-order valence-electron chi connectivity index (χ2n) is 3.98. The third kappa shape index (κ3) is 2.96. The second-order valence-corrected chi connectivity index (χ2v) is 3.98. The molecule has 0 atom stereocenters. The average molecular weight is 201 g/mol. The molecule has 0 heterocycles. The first-order chi connectivity index (χ1) is 6.72. The highest BCUT2D eigenvalue weighted by molar-refractivity contribution is 5.78. The zero-order chi connectivity index (χ0) is 10.4. The number of carbonyl (C=O) groups excluding carboxylic acids is 1. The summed E-state index contributed by atoms with van der Waals surface area (Å²) in [5.74, 6) is -0.136. The van der Waals surface area contributed by atoms with Crippen molar-refractivity contribution in [3.8, 4) is 0 Å². The zero-order valence-electron chi connectivity index (χ0n) is 8.71. The van der Waals surface area contributed by atoms with Crippen LogP contribution in [0.25, 0.3) is 0 Å². The van der Waals surface area contributed by atoms with Crippen molar-refractivity contribution in [3.63, 3.8) is 0 Å². The van der Waals surface area contributed by atoms with Gasteiger partial charge in [-0.3, -0.25) is 4.79 Å². The molecule has 4 nitrogen and oxygen atoms in total. The SMILES string of the molecule is COCC(=O)NC1(CO)CCCCC1. The number of hydrogen-bond acceptors (Lipinski definition) is 3. The molecule has 1 fully saturated rings. The highest BCUT2D eigenvalue weighted by atomic mass is 16.5. The van der Waals surface area contributed by atoms with E-state index < -0.39 is 0 Å². The van der Waals surface area contributed by atoms with Crippen LogP contribution in [0.3, 0.4) is 0 Å². The van der Waals surface area contributed by atoms with E-state index in [1.165, 1.54) is 13.5 Å². The molecule has 0 radical (unpaired) electrons. The first kappa shape index (κ1) is 11.5. The van der Waals surface area contributed by atoms with Crippen LogP contribution < -0.4 is 5.32 Å². The summed E-state index contributed by atoms with van der Waals surface area (Å²) in [5.41, 5.74) is -0.381. The Hall–Kier alpha value is -0.610. The van der Waals surface area contributed by atoms with E-state index in [4.69, 9.17) is 4.74 Å². The Labute approximate surface area is 84.6 Å². The Morgan fingerprint density at radius 2 is 2.07 bits per heavy atom. The second kappa shape index (κ2) is 5.32. The molecule has 0 aliphatic heterocycles. The number of ether oxygens (including phenoxy) is 1. The van der Waals surface area contributed by atoms with E-state index in [9.17, 15) is 9.90 Å². The van der Waals surface area contributed by atoms with Gasteiger partial charge in [0.25, 0.3) is 0 Å². The van der Waals surface area contributed by atoms with Gasteiger partial charge in [0.2, 0.25) is 5.91 Å². The van der Waals surface area contributed by atoms with Gasteiger partial charge in [0, 0.05) is 7.11 Å². The average Bonchev–Trinajstić information content (AvgIpc) is 2.19. The molecule has 1 aliphatic rings. The van der Waals surface area contributed by atoms with Crippen LogP contribution in [0.4, 0.5) is 0 Å². The molecular formula is C10H19NO3. The van der Waals surface area contributed by atoms with Gasteiger partial charge in [0.1, 0.15) is 6.61 Å². The summed E-state index contributed by atoms with van der Waals surface area (Å²) < 4.78 is 4.74. The fourth-order valence-electron chi connectivity index (χ4n) is 2.01. The van der Waals surface area contributed by atoms with Crippen LogP contribution in [-0.4, -0.2) is 36.9 Å². The first-order valence-electron chi connectivity index (χ1n) is 5.13. The molecule has 82 valence electrons. The summed E-state index contributed by atoms with van der Waals surface area (Å²) in [7, 11) is 1.49. The lowest BCUT2D eigenvalue weighted by Gasteiger charge is -2.36. The van der Waals surface area contributed by atoms with E-state index in [1.54, 1.807) is 0 Å². The number of carbonyl (C=O) groups is 1. The van der Waals surface area contributed by atoms with Crippen molar-refractivity contribution in [1.29, 1.82) is 0 Å². The molecule has 1 saturated carbocycles. The monoisotopic (exact) mass is 201 g/mol. The maximum atomic E-state index is 11.3. The number of methoxy groups -OCH3 is 1. The van der Waals surface area contributed by atoms with Crippen LogP contribution in [-0.2, 0) is 9.53 Å². The lowest BCUT2D eigenvalue weighted by Crippen LogP contribution is -2.53. The Balaban J connectivity index is 2.47. The van der Waals surface area contributed by atoms with Crippen molar-refractivity contribution in [2.24, 2.45) is 0 Å². The zero-order valence-corrected chi connectivity index (χ0v) is 8.71. The fraction of sp³-hybridized carbons (Fsp3) is 0.900. The van der Waals surface area contributed by atoms with E-state index in [2.05, 4.69) is 5.32 Å². The molecule has 0 spiro atoms. The highest BCUT2D eigenvalue weighted by Crippen LogP contribution is 2.27. The largest absolute Gasteiger partial charge is 0.394 e. The summed E-state index contributed by atoms with van der Waals surface area (Å²) in [5, 5.41) is 12.2. The lowest BCUT2D eigenvalue weighted by atomic mass is 9.82. The molecule has 0 saturated heterocycles. The van der Waals surface area contributed by atoms with Crippen LogP contribution in [0.1, 0.15) is 32.1 Å². The van der Waals surface area contributed by atoms with Gasteiger partial charge in [0.15, 0.2) is 0 Å². The molecule has 0 bridgehead atoms.